The van der Waals surface area contributed by atoms with E-state index in [0.717, 1.165) is 62.5 Å². The molecule has 2 atom stereocenters. The zero-order chi connectivity index (χ0) is 21.1. The van der Waals surface area contributed by atoms with E-state index >= 15 is 0 Å². The predicted molar refractivity (Wildman–Crippen MR) is 113 cm³/mol. The van der Waals surface area contributed by atoms with Crippen molar-refractivity contribution >= 4 is 17.6 Å². The second-order valence-electron chi connectivity index (χ2n) is 8.43. The van der Waals surface area contributed by atoms with E-state index in [2.05, 4.69) is 16.7 Å². The van der Waals surface area contributed by atoms with Gasteiger partial charge in [-0.1, -0.05) is 6.92 Å². The van der Waals surface area contributed by atoms with Crippen molar-refractivity contribution in [2.75, 3.05) is 46.2 Å². The van der Waals surface area contributed by atoms with Crippen LogP contribution < -0.4 is 4.90 Å². The van der Waals surface area contributed by atoms with Crippen LogP contribution in [0, 0.1) is 0 Å². The number of aryl methyl sites for hydroxylation is 1. The predicted octanol–water partition coefficient (Wildman–Crippen LogP) is 1.15. The maximum absolute atomic E-state index is 12.6. The van der Waals surface area contributed by atoms with E-state index in [-0.39, 0.29) is 23.9 Å². The number of likely N-dealkylation sites (N-methyl/N-ethyl adjacent to an activating group) is 2. The first-order valence-corrected chi connectivity index (χ1v) is 10.6. The molecule has 0 aromatic carbocycles. The number of amides is 2. The molecule has 3 heterocycles. The number of nitrogens with zero attached hydrogens (tertiary/aromatic N) is 6. The van der Waals surface area contributed by atoms with Crippen molar-refractivity contribution in [3.63, 3.8) is 0 Å². The second-order valence-corrected chi connectivity index (χ2v) is 8.43. The van der Waals surface area contributed by atoms with Gasteiger partial charge in [0, 0.05) is 46.5 Å². The first-order chi connectivity index (χ1) is 13.8. The fraction of sp³-hybridized carbons (Fsp3) is 0.714. The molecule has 0 spiro atoms. The van der Waals surface area contributed by atoms with Crippen molar-refractivity contribution in [3.05, 3.63) is 17.6 Å². The van der Waals surface area contributed by atoms with Crippen LogP contribution in [0.3, 0.4) is 0 Å². The maximum atomic E-state index is 12.6. The molecule has 8 nitrogen and oxygen atoms in total. The number of carbonyl (C=O) groups is 2. The van der Waals surface area contributed by atoms with E-state index in [4.69, 9.17) is 9.97 Å². The molecule has 1 aromatic rings. The third-order valence-corrected chi connectivity index (χ3v) is 5.88. The minimum absolute atomic E-state index is 0.0998. The van der Waals surface area contributed by atoms with Crippen molar-refractivity contribution < 1.29 is 9.59 Å². The van der Waals surface area contributed by atoms with Gasteiger partial charge in [0.2, 0.25) is 11.8 Å². The highest BCUT2D eigenvalue weighted by Crippen LogP contribution is 2.27. The van der Waals surface area contributed by atoms with Gasteiger partial charge in [0.05, 0.1) is 12.6 Å². The summed E-state index contributed by atoms with van der Waals surface area (Å²) in [6, 6.07) is 1.75. The van der Waals surface area contributed by atoms with Crippen LogP contribution in [-0.2, 0) is 22.6 Å². The second kappa shape index (κ2) is 9.07. The zero-order valence-corrected chi connectivity index (χ0v) is 18.4. The van der Waals surface area contributed by atoms with Gasteiger partial charge in [0.1, 0.15) is 17.7 Å². The van der Waals surface area contributed by atoms with Crippen LogP contribution >= 0.6 is 0 Å². The number of carbonyl (C=O) groups excluding carboxylic acids is 2. The molecule has 1 aromatic heterocycles. The third kappa shape index (κ3) is 4.69. The summed E-state index contributed by atoms with van der Waals surface area (Å²) in [6.07, 6.45) is 4.53. The molecule has 8 heteroatoms. The van der Waals surface area contributed by atoms with Gasteiger partial charge < -0.3 is 14.7 Å². The number of aromatic nitrogens is 2. The smallest absolute Gasteiger partial charge is 0.244 e. The summed E-state index contributed by atoms with van der Waals surface area (Å²) in [7, 11) is 7.22. The van der Waals surface area contributed by atoms with Crippen LogP contribution in [0.4, 0.5) is 5.82 Å². The topological polar surface area (TPSA) is 72.9 Å². The maximum Gasteiger partial charge on any atom is 0.244 e. The minimum atomic E-state index is -0.160. The lowest BCUT2D eigenvalue weighted by Crippen LogP contribution is -2.43. The summed E-state index contributed by atoms with van der Waals surface area (Å²) >= 11 is 0. The van der Waals surface area contributed by atoms with Gasteiger partial charge in [0.25, 0.3) is 0 Å². The van der Waals surface area contributed by atoms with E-state index in [1.807, 2.05) is 6.07 Å². The lowest BCUT2D eigenvalue weighted by atomic mass is 10.2. The lowest BCUT2D eigenvalue weighted by molar-refractivity contribution is -0.133. The Morgan fingerprint density at radius 1 is 1.00 bits per heavy atom. The van der Waals surface area contributed by atoms with Gasteiger partial charge in [-0.2, -0.15) is 0 Å². The molecule has 2 fully saturated rings. The highest BCUT2D eigenvalue weighted by molar-refractivity contribution is 5.85. The fourth-order valence-corrected chi connectivity index (χ4v) is 4.31. The number of likely N-dealkylation sites (tertiary alicyclic amines) is 1. The van der Waals surface area contributed by atoms with Crippen LogP contribution in [0.25, 0.3) is 0 Å². The standard InChI is InChI=1S/C21H34N6O2/c1-6-15-13-19(27-12-8-10-17(27)21(29)25(4)5)23-18(22-15)14-26-11-7-9-16(26)20(28)24(2)3/h13,16-17H,6-12,14H2,1-5H3/t16-,17-/m1/s1. The molecule has 0 unspecified atom stereocenters. The molecule has 0 saturated carbocycles. The van der Waals surface area contributed by atoms with Gasteiger partial charge in [-0.05, 0) is 38.6 Å². The van der Waals surface area contributed by atoms with Gasteiger partial charge in [-0.25, -0.2) is 9.97 Å². The molecule has 0 aliphatic carbocycles. The summed E-state index contributed by atoms with van der Waals surface area (Å²) in [5.41, 5.74) is 0.975. The summed E-state index contributed by atoms with van der Waals surface area (Å²) in [6.45, 7) is 4.35. The molecule has 3 rings (SSSR count). The molecule has 0 radical (unpaired) electrons. The van der Waals surface area contributed by atoms with Crippen LogP contribution in [0.1, 0.15) is 44.1 Å². The normalized spacial score (nSPS) is 22.2. The third-order valence-electron chi connectivity index (χ3n) is 5.88. The molecule has 2 aliphatic heterocycles. The number of hydrogen-bond acceptors (Lipinski definition) is 6. The van der Waals surface area contributed by atoms with Crippen molar-refractivity contribution in [2.45, 2.75) is 57.7 Å². The summed E-state index contributed by atoms with van der Waals surface area (Å²) in [5.74, 6) is 1.84. The fourth-order valence-electron chi connectivity index (χ4n) is 4.31. The molecule has 29 heavy (non-hydrogen) atoms. The van der Waals surface area contributed by atoms with Crippen LogP contribution in [0.5, 0.6) is 0 Å². The summed E-state index contributed by atoms with van der Waals surface area (Å²) in [4.78, 5) is 42.3. The Morgan fingerprint density at radius 2 is 1.62 bits per heavy atom. The Hall–Kier alpha value is -2.22. The van der Waals surface area contributed by atoms with Gasteiger partial charge in [-0.15, -0.1) is 0 Å². The van der Waals surface area contributed by atoms with Crippen molar-refractivity contribution in [1.82, 2.24) is 24.7 Å². The SMILES string of the molecule is CCc1cc(N2CCC[C@@H]2C(=O)N(C)C)nc(CN2CCC[C@@H]2C(=O)N(C)C)n1. The average Bonchev–Trinajstić information content (AvgIpc) is 3.35. The number of hydrogen-bond donors (Lipinski definition) is 0. The van der Waals surface area contributed by atoms with Crippen LogP contribution in [-0.4, -0.2) is 89.8 Å². The van der Waals surface area contributed by atoms with E-state index < -0.39 is 0 Å². The minimum Gasteiger partial charge on any atom is -0.347 e. The van der Waals surface area contributed by atoms with Crippen LogP contribution in [0.15, 0.2) is 6.07 Å². The van der Waals surface area contributed by atoms with Crippen molar-refractivity contribution in [3.8, 4) is 0 Å². The summed E-state index contributed by atoms with van der Waals surface area (Å²) < 4.78 is 0. The van der Waals surface area contributed by atoms with E-state index in [0.29, 0.717) is 6.54 Å². The van der Waals surface area contributed by atoms with Crippen molar-refractivity contribution in [1.29, 1.82) is 0 Å². The molecular weight excluding hydrogens is 368 g/mol. The monoisotopic (exact) mass is 402 g/mol. The number of rotatable bonds is 6. The molecule has 0 bridgehead atoms. The van der Waals surface area contributed by atoms with E-state index in [1.54, 1.807) is 38.0 Å². The average molecular weight is 403 g/mol. The van der Waals surface area contributed by atoms with Crippen molar-refractivity contribution in [2.24, 2.45) is 0 Å². The molecule has 2 amide bonds. The van der Waals surface area contributed by atoms with Gasteiger partial charge >= 0.3 is 0 Å². The Bertz CT molecular complexity index is 751. The van der Waals surface area contributed by atoms with Crippen LogP contribution in [0.2, 0.25) is 0 Å². The first-order valence-electron chi connectivity index (χ1n) is 10.6. The Balaban J connectivity index is 1.84. The largest absolute Gasteiger partial charge is 0.347 e. The lowest BCUT2D eigenvalue weighted by Gasteiger charge is -2.28. The molecule has 2 aliphatic rings. The highest BCUT2D eigenvalue weighted by atomic mass is 16.2. The van der Waals surface area contributed by atoms with Gasteiger partial charge in [-0.3, -0.25) is 14.5 Å². The quantitative estimate of drug-likeness (QED) is 0.711. The Labute approximate surface area is 173 Å². The molecular formula is C21H34N6O2. The highest BCUT2D eigenvalue weighted by Gasteiger charge is 2.34. The molecule has 0 N–H and O–H groups in total. The Morgan fingerprint density at radius 3 is 2.28 bits per heavy atom. The van der Waals surface area contributed by atoms with Gasteiger partial charge in [0.15, 0.2) is 0 Å². The first kappa shape index (κ1) is 21.5. The van der Waals surface area contributed by atoms with E-state index in [9.17, 15) is 9.59 Å². The number of anilines is 1. The Kier molecular flexibility index (Phi) is 6.72. The molecule has 160 valence electrons. The van der Waals surface area contributed by atoms with E-state index in [1.165, 1.54) is 0 Å². The zero-order valence-electron chi connectivity index (χ0n) is 18.4. The molecule has 2 saturated heterocycles. The summed E-state index contributed by atoms with van der Waals surface area (Å²) in [5, 5.41) is 0.